The van der Waals surface area contributed by atoms with E-state index in [1.165, 1.54) is 0 Å². The maximum absolute atomic E-state index is 10.6. The zero-order valence-electron chi connectivity index (χ0n) is 16.9. The molecule has 0 unspecified atom stereocenters. The second kappa shape index (κ2) is 18.4. The number of ether oxygens (including phenoxy) is 5. The molecule has 0 radical (unpaired) electrons. The molecule has 0 heterocycles. The summed E-state index contributed by atoms with van der Waals surface area (Å²) in [6, 6.07) is 0. The van der Waals surface area contributed by atoms with E-state index in [4.69, 9.17) is 43.6 Å². The fourth-order valence-electron chi connectivity index (χ4n) is 2.31. The average molecular weight is 449 g/mol. The quantitative estimate of drug-likeness (QED) is 0.115. The first-order valence-corrected chi connectivity index (χ1v) is 11.2. The molecular formula is C17H36O11S. The van der Waals surface area contributed by atoms with E-state index in [0.717, 1.165) is 0 Å². The molecule has 0 aliphatic rings. The van der Waals surface area contributed by atoms with Gasteiger partial charge in [-0.05, 0) is 12.8 Å². The molecule has 12 heteroatoms. The molecule has 0 atom stereocenters. The molecule has 0 rings (SSSR count). The maximum atomic E-state index is 10.6. The van der Waals surface area contributed by atoms with Gasteiger partial charge in [0, 0.05) is 6.61 Å². The fourth-order valence-corrected chi connectivity index (χ4v) is 2.88. The fraction of sp³-hybridized carbons (Fsp3) is 1.00. The van der Waals surface area contributed by atoms with E-state index in [1.54, 1.807) is 0 Å². The lowest BCUT2D eigenvalue weighted by Crippen LogP contribution is -2.42. The van der Waals surface area contributed by atoms with Crippen molar-refractivity contribution >= 4 is 10.1 Å². The average Bonchev–Trinajstić information content (AvgIpc) is 2.66. The van der Waals surface area contributed by atoms with E-state index in [0.29, 0.717) is 26.1 Å². The molecule has 0 saturated carbocycles. The summed E-state index contributed by atoms with van der Waals surface area (Å²) in [6.45, 7) is 1.78. The largest absolute Gasteiger partial charge is 0.394 e. The summed E-state index contributed by atoms with van der Waals surface area (Å²) >= 11 is 0. The maximum Gasteiger partial charge on any atom is 0.264 e. The monoisotopic (exact) mass is 448 g/mol. The molecule has 0 aliphatic carbocycles. The van der Waals surface area contributed by atoms with Crippen molar-refractivity contribution in [1.82, 2.24) is 0 Å². The summed E-state index contributed by atoms with van der Waals surface area (Å²) in [6.07, 6.45) is 0.818. The summed E-state index contributed by atoms with van der Waals surface area (Å²) in [4.78, 5) is 0. The highest BCUT2D eigenvalue weighted by Crippen LogP contribution is 2.20. The summed E-state index contributed by atoms with van der Waals surface area (Å²) in [7, 11) is -3.93. The van der Waals surface area contributed by atoms with Gasteiger partial charge >= 0.3 is 0 Å². The zero-order valence-corrected chi connectivity index (χ0v) is 17.7. The summed E-state index contributed by atoms with van der Waals surface area (Å²) < 4.78 is 57.2. The molecule has 11 nitrogen and oxygen atoms in total. The second-order valence-electron chi connectivity index (χ2n) is 6.49. The predicted octanol–water partition coefficient (Wildman–Crippen LogP) is -1.30. The number of hydrogen-bond acceptors (Lipinski definition) is 10. The Morgan fingerprint density at radius 1 is 0.586 bits per heavy atom. The van der Waals surface area contributed by atoms with Gasteiger partial charge in [-0.25, -0.2) is 0 Å². The van der Waals surface area contributed by atoms with Gasteiger partial charge < -0.3 is 39.0 Å². The third-order valence-electron chi connectivity index (χ3n) is 3.65. The predicted molar refractivity (Wildman–Crippen MR) is 103 cm³/mol. The van der Waals surface area contributed by atoms with Gasteiger partial charge in [0.25, 0.3) is 10.1 Å². The van der Waals surface area contributed by atoms with Gasteiger partial charge in [-0.15, -0.1) is 0 Å². The second-order valence-corrected chi connectivity index (χ2v) is 8.06. The molecule has 0 saturated heterocycles. The van der Waals surface area contributed by atoms with Crippen LogP contribution in [0.2, 0.25) is 0 Å². The minimum atomic E-state index is -3.93. The Balaban J connectivity index is 4.32. The lowest BCUT2D eigenvalue weighted by atomic mass is 9.92. The minimum absolute atomic E-state index is 0.128. The smallest absolute Gasteiger partial charge is 0.264 e. The van der Waals surface area contributed by atoms with Gasteiger partial charge in [0.05, 0.1) is 90.5 Å². The van der Waals surface area contributed by atoms with Gasteiger partial charge in [0.1, 0.15) is 0 Å². The van der Waals surface area contributed by atoms with Crippen LogP contribution in [0.25, 0.3) is 0 Å². The highest BCUT2D eigenvalue weighted by molar-refractivity contribution is 7.85. The lowest BCUT2D eigenvalue weighted by molar-refractivity contribution is -0.117. The van der Waals surface area contributed by atoms with Crippen LogP contribution in [0, 0.1) is 5.41 Å². The first-order chi connectivity index (χ1) is 13.9. The van der Waals surface area contributed by atoms with Gasteiger partial charge in [-0.1, -0.05) is 0 Å². The number of aliphatic hydroxyl groups excluding tert-OH is 3. The third kappa shape index (κ3) is 18.1. The standard InChI is InChI=1S/C17H36O11S/c18-3-7-25-13-17(14-26-8-4-19,15-27-9-5-20)16-28-11-10-24-6-1-2-12-29(21,22)23/h18-20H,1-16H2,(H,21,22,23). The Kier molecular flexibility index (Phi) is 18.1. The van der Waals surface area contributed by atoms with Crippen molar-refractivity contribution < 1.29 is 52.0 Å². The van der Waals surface area contributed by atoms with Crippen LogP contribution in [0.3, 0.4) is 0 Å². The number of unbranched alkanes of at least 4 members (excludes halogenated alkanes) is 1. The van der Waals surface area contributed by atoms with Crippen LogP contribution < -0.4 is 0 Å². The molecule has 0 aromatic rings. The van der Waals surface area contributed by atoms with Crippen molar-refractivity contribution in [1.29, 1.82) is 0 Å². The molecule has 0 aromatic carbocycles. The van der Waals surface area contributed by atoms with Gasteiger partial charge in [-0.2, -0.15) is 8.42 Å². The number of hydrogen-bond donors (Lipinski definition) is 4. The molecule has 0 aliphatic heterocycles. The van der Waals surface area contributed by atoms with Crippen LogP contribution in [-0.4, -0.2) is 120 Å². The van der Waals surface area contributed by atoms with Crippen LogP contribution in [0.5, 0.6) is 0 Å². The van der Waals surface area contributed by atoms with Gasteiger partial charge in [0.15, 0.2) is 0 Å². The molecule has 0 amide bonds. The first kappa shape index (κ1) is 28.6. The van der Waals surface area contributed by atoms with E-state index in [2.05, 4.69) is 0 Å². The Hall–Kier alpha value is -0.410. The van der Waals surface area contributed by atoms with Crippen LogP contribution in [0.4, 0.5) is 0 Å². The van der Waals surface area contributed by atoms with E-state index >= 15 is 0 Å². The Morgan fingerprint density at radius 2 is 1.00 bits per heavy atom. The molecule has 176 valence electrons. The van der Waals surface area contributed by atoms with E-state index in [-0.39, 0.29) is 78.4 Å². The molecular weight excluding hydrogens is 412 g/mol. The summed E-state index contributed by atoms with van der Waals surface area (Å²) in [5.41, 5.74) is -0.686. The zero-order chi connectivity index (χ0) is 21.8. The number of rotatable bonds is 22. The van der Waals surface area contributed by atoms with Crippen molar-refractivity contribution in [2.45, 2.75) is 12.8 Å². The Labute approximate surface area is 172 Å². The van der Waals surface area contributed by atoms with Crippen LogP contribution >= 0.6 is 0 Å². The Morgan fingerprint density at radius 3 is 1.41 bits per heavy atom. The first-order valence-electron chi connectivity index (χ1n) is 9.55. The van der Waals surface area contributed by atoms with Gasteiger partial charge in [0.2, 0.25) is 0 Å². The minimum Gasteiger partial charge on any atom is -0.394 e. The van der Waals surface area contributed by atoms with Crippen LogP contribution in [0.15, 0.2) is 0 Å². The summed E-state index contributed by atoms with van der Waals surface area (Å²) in [5, 5.41) is 26.8. The van der Waals surface area contributed by atoms with Crippen molar-refractivity contribution in [2.75, 3.05) is 91.6 Å². The molecule has 0 bridgehead atoms. The van der Waals surface area contributed by atoms with Crippen molar-refractivity contribution in [2.24, 2.45) is 5.41 Å². The normalized spacial score (nSPS) is 12.6. The highest BCUT2D eigenvalue weighted by Gasteiger charge is 2.32. The lowest BCUT2D eigenvalue weighted by Gasteiger charge is -2.32. The topological polar surface area (TPSA) is 161 Å². The molecule has 0 spiro atoms. The van der Waals surface area contributed by atoms with Crippen molar-refractivity contribution in [3.05, 3.63) is 0 Å². The molecule has 0 fully saturated rings. The van der Waals surface area contributed by atoms with Crippen LogP contribution in [0.1, 0.15) is 12.8 Å². The SMILES string of the molecule is O=S(=O)(O)CCCCOCCOCC(COCCO)(COCCO)COCCO. The van der Waals surface area contributed by atoms with E-state index in [9.17, 15) is 8.42 Å². The van der Waals surface area contributed by atoms with Crippen molar-refractivity contribution in [3.8, 4) is 0 Å². The molecule has 29 heavy (non-hydrogen) atoms. The van der Waals surface area contributed by atoms with Crippen LogP contribution in [-0.2, 0) is 33.8 Å². The number of aliphatic hydroxyl groups is 3. The van der Waals surface area contributed by atoms with Crippen molar-refractivity contribution in [3.63, 3.8) is 0 Å². The van der Waals surface area contributed by atoms with E-state index < -0.39 is 15.5 Å². The Bertz CT molecular complexity index is 432. The molecule has 4 N–H and O–H groups in total. The molecule has 0 aromatic heterocycles. The summed E-state index contributed by atoms with van der Waals surface area (Å²) in [5.74, 6) is -0.287. The van der Waals surface area contributed by atoms with Gasteiger partial charge in [-0.3, -0.25) is 4.55 Å². The highest BCUT2D eigenvalue weighted by atomic mass is 32.2. The third-order valence-corrected chi connectivity index (χ3v) is 4.46. The van der Waals surface area contributed by atoms with E-state index in [1.807, 2.05) is 0 Å².